The van der Waals surface area contributed by atoms with Crippen LogP contribution in [-0.4, -0.2) is 35.0 Å². The molecule has 4 nitrogen and oxygen atoms in total. The first kappa shape index (κ1) is 17.3. The van der Waals surface area contributed by atoms with Crippen molar-refractivity contribution < 1.29 is 9.53 Å². The third kappa shape index (κ3) is 3.30. The average Bonchev–Trinajstić information content (AvgIpc) is 3.12. The topological polar surface area (TPSA) is 42.4 Å². The number of pyridine rings is 1. The van der Waals surface area contributed by atoms with Gasteiger partial charge in [-0.3, -0.25) is 9.78 Å². The van der Waals surface area contributed by atoms with Crippen LogP contribution in [0.2, 0.25) is 5.02 Å². The molecule has 3 heterocycles. The Morgan fingerprint density at radius 3 is 2.77 bits per heavy atom. The van der Waals surface area contributed by atoms with E-state index in [0.29, 0.717) is 10.6 Å². The van der Waals surface area contributed by atoms with E-state index in [-0.39, 0.29) is 12.0 Å². The van der Waals surface area contributed by atoms with E-state index in [1.54, 1.807) is 6.20 Å². The fourth-order valence-electron chi connectivity index (χ4n) is 3.73. The Bertz CT molecular complexity index is 814. The van der Waals surface area contributed by atoms with E-state index in [9.17, 15) is 4.79 Å². The van der Waals surface area contributed by atoms with Gasteiger partial charge in [-0.2, -0.15) is 0 Å². The number of halogens is 1. The van der Waals surface area contributed by atoms with E-state index in [2.05, 4.69) is 18.0 Å². The molecule has 1 unspecified atom stereocenters. The van der Waals surface area contributed by atoms with Gasteiger partial charge in [-0.05, 0) is 49.9 Å². The number of hydrogen-bond acceptors (Lipinski definition) is 3. The molecule has 2 aromatic rings. The molecule has 0 N–H and O–H groups in total. The van der Waals surface area contributed by atoms with Crippen molar-refractivity contribution in [2.75, 3.05) is 13.1 Å². The zero-order chi connectivity index (χ0) is 18.1. The maximum Gasteiger partial charge on any atom is 0.255 e. The summed E-state index contributed by atoms with van der Waals surface area (Å²) in [5.74, 6) is 0.883. The molecule has 0 radical (unpaired) electrons. The largest absolute Gasteiger partial charge is 0.488 e. The highest BCUT2D eigenvalue weighted by Crippen LogP contribution is 2.39. The second-order valence-corrected chi connectivity index (χ2v) is 7.49. The Morgan fingerprint density at radius 2 is 2.08 bits per heavy atom. The van der Waals surface area contributed by atoms with E-state index >= 15 is 0 Å². The van der Waals surface area contributed by atoms with E-state index in [1.807, 2.05) is 23.1 Å². The van der Waals surface area contributed by atoms with Gasteiger partial charge in [0.25, 0.3) is 5.91 Å². The van der Waals surface area contributed by atoms with Crippen molar-refractivity contribution in [2.45, 2.75) is 45.1 Å². The Morgan fingerprint density at radius 1 is 1.27 bits per heavy atom. The van der Waals surface area contributed by atoms with Gasteiger partial charge in [-0.25, -0.2) is 0 Å². The average molecular weight is 371 g/mol. The maximum absolute atomic E-state index is 12.6. The van der Waals surface area contributed by atoms with Gasteiger partial charge in [0, 0.05) is 36.8 Å². The molecular formula is C21H23ClN2O2. The molecule has 0 saturated carbocycles. The highest BCUT2D eigenvalue weighted by Gasteiger charge is 2.25. The summed E-state index contributed by atoms with van der Waals surface area (Å²) in [6, 6.07) is 7.77. The summed E-state index contributed by atoms with van der Waals surface area (Å²) >= 11 is 6.42. The lowest BCUT2D eigenvalue weighted by molar-refractivity contribution is 0.0724. The molecule has 2 aliphatic rings. The van der Waals surface area contributed by atoms with Crippen LogP contribution in [0.4, 0.5) is 0 Å². The number of hydrogen-bond donors (Lipinski definition) is 0. The van der Waals surface area contributed by atoms with Gasteiger partial charge in [0.1, 0.15) is 11.9 Å². The summed E-state index contributed by atoms with van der Waals surface area (Å²) in [6.07, 6.45) is 7.12. The number of benzene rings is 1. The van der Waals surface area contributed by atoms with E-state index < -0.39 is 0 Å². The van der Waals surface area contributed by atoms with Crippen LogP contribution in [0, 0.1) is 0 Å². The third-order valence-electron chi connectivity index (χ3n) is 5.26. The van der Waals surface area contributed by atoms with Crippen LogP contribution in [-0.2, 0) is 6.42 Å². The maximum atomic E-state index is 12.6. The summed E-state index contributed by atoms with van der Waals surface area (Å²) in [7, 11) is 0. The molecule has 0 spiro atoms. The molecule has 0 aliphatic carbocycles. The summed E-state index contributed by atoms with van der Waals surface area (Å²) in [6.45, 7) is 3.81. The van der Waals surface area contributed by atoms with Crippen LogP contribution in [0.5, 0.6) is 5.75 Å². The molecule has 1 fully saturated rings. The van der Waals surface area contributed by atoms with Crippen LogP contribution in [0.3, 0.4) is 0 Å². The minimum absolute atomic E-state index is 0.0786. The smallest absolute Gasteiger partial charge is 0.255 e. The number of nitrogens with zero attached hydrogens (tertiary/aromatic N) is 2. The predicted molar refractivity (Wildman–Crippen MR) is 103 cm³/mol. The van der Waals surface area contributed by atoms with Crippen LogP contribution >= 0.6 is 11.6 Å². The standard InChI is InChI=1S/C21H23ClN2O2/c1-2-17-11-16-10-15(12-18(22)20(16)26-17)19-7-6-14(13-23-19)21(25)24-8-4-3-5-9-24/h6-7,10,12-13,17H,2-5,8-9,11H2,1H3. The van der Waals surface area contributed by atoms with Crippen molar-refractivity contribution in [3.8, 4) is 17.0 Å². The number of fused-ring (bicyclic) bond motifs is 1. The summed E-state index contributed by atoms with van der Waals surface area (Å²) < 4.78 is 5.89. The van der Waals surface area contributed by atoms with Gasteiger partial charge in [0.2, 0.25) is 0 Å². The third-order valence-corrected chi connectivity index (χ3v) is 5.54. The van der Waals surface area contributed by atoms with Gasteiger partial charge in [0.15, 0.2) is 0 Å². The highest BCUT2D eigenvalue weighted by atomic mass is 35.5. The zero-order valence-electron chi connectivity index (χ0n) is 15.0. The number of ether oxygens (including phenoxy) is 1. The number of amides is 1. The number of likely N-dealkylation sites (tertiary alicyclic amines) is 1. The van der Waals surface area contributed by atoms with E-state index in [4.69, 9.17) is 16.3 Å². The molecule has 1 aromatic carbocycles. The fraction of sp³-hybridized carbons (Fsp3) is 0.429. The normalized spacial score (nSPS) is 19.2. The molecule has 1 atom stereocenters. The van der Waals surface area contributed by atoms with Crippen LogP contribution < -0.4 is 4.74 Å². The molecule has 4 rings (SSSR count). The van der Waals surface area contributed by atoms with Crippen molar-refractivity contribution in [3.63, 3.8) is 0 Å². The van der Waals surface area contributed by atoms with Gasteiger partial charge in [-0.15, -0.1) is 0 Å². The minimum Gasteiger partial charge on any atom is -0.488 e. The molecule has 5 heteroatoms. The van der Waals surface area contributed by atoms with Crippen molar-refractivity contribution in [3.05, 3.63) is 46.6 Å². The van der Waals surface area contributed by atoms with Crippen molar-refractivity contribution in [1.29, 1.82) is 0 Å². The second-order valence-electron chi connectivity index (χ2n) is 7.08. The Balaban J connectivity index is 1.56. The first-order chi connectivity index (χ1) is 12.7. The summed E-state index contributed by atoms with van der Waals surface area (Å²) in [4.78, 5) is 19.0. The molecule has 136 valence electrons. The lowest BCUT2D eigenvalue weighted by Gasteiger charge is -2.26. The number of carbonyl (C=O) groups excluding carboxylic acids is 1. The highest BCUT2D eigenvalue weighted by molar-refractivity contribution is 6.32. The minimum atomic E-state index is 0.0786. The van der Waals surface area contributed by atoms with Crippen molar-refractivity contribution >= 4 is 17.5 Å². The first-order valence-electron chi connectivity index (χ1n) is 9.40. The summed E-state index contributed by atoms with van der Waals surface area (Å²) in [5, 5.41) is 0.628. The molecular weight excluding hydrogens is 348 g/mol. The number of piperidine rings is 1. The SMILES string of the molecule is CCC1Cc2cc(-c3ccc(C(=O)N4CCCCC4)cn3)cc(Cl)c2O1. The first-order valence-corrected chi connectivity index (χ1v) is 9.78. The molecule has 26 heavy (non-hydrogen) atoms. The van der Waals surface area contributed by atoms with Crippen molar-refractivity contribution in [1.82, 2.24) is 9.88 Å². The molecule has 1 amide bonds. The lowest BCUT2D eigenvalue weighted by Crippen LogP contribution is -2.35. The fourth-order valence-corrected chi connectivity index (χ4v) is 4.02. The van der Waals surface area contributed by atoms with Gasteiger partial charge in [0.05, 0.1) is 16.3 Å². The van der Waals surface area contributed by atoms with Crippen LogP contribution in [0.25, 0.3) is 11.3 Å². The Labute approximate surface area is 159 Å². The molecule has 0 bridgehead atoms. The van der Waals surface area contributed by atoms with Crippen LogP contribution in [0.15, 0.2) is 30.5 Å². The molecule has 1 aromatic heterocycles. The summed E-state index contributed by atoms with van der Waals surface area (Å²) in [5.41, 5.74) is 3.57. The van der Waals surface area contributed by atoms with Gasteiger partial charge >= 0.3 is 0 Å². The number of rotatable bonds is 3. The van der Waals surface area contributed by atoms with Crippen molar-refractivity contribution in [2.24, 2.45) is 0 Å². The molecule has 1 saturated heterocycles. The lowest BCUT2D eigenvalue weighted by atomic mass is 10.0. The molecule has 2 aliphatic heterocycles. The Kier molecular flexibility index (Phi) is 4.86. The van der Waals surface area contributed by atoms with E-state index in [0.717, 1.165) is 61.3 Å². The monoisotopic (exact) mass is 370 g/mol. The quantitative estimate of drug-likeness (QED) is 0.783. The zero-order valence-corrected chi connectivity index (χ0v) is 15.8. The predicted octanol–water partition coefficient (Wildman–Crippen LogP) is 4.74. The number of carbonyl (C=O) groups is 1. The Hall–Kier alpha value is -2.07. The van der Waals surface area contributed by atoms with Gasteiger partial charge in [-0.1, -0.05) is 18.5 Å². The van der Waals surface area contributed by atoms with E-state index in [1.165, 1.54) is 6.42 Å². The second kappa shape index (κ2) is 7.28. The van der Waals surface area contributed by atoms with Gasteiger partial charge < -0.3 is 9.64 Å². The number of aromatic nitrogens is 1. The van der Waals surface area contributed by atoms with Crippen LogP contribution in [0.1, 0.15) is 48.5 Å².